The number of likely N-dealkylation sites (tertiary alicyclic amines) is 1. The fourth-order valence-corrected chi connectivity index (χ4v) is 5.85. The second-order valence-electron chi connectivity index (χ2n) is 8.45. The third-order valence-corrected chi connectivity index (χ3v) is 7.21. The molecule has 1 aromatic carbocycles. The maximum atomic E-state index is 13.7. The van der Waals surface area contributed by atoms with Crippen molar-refractivity contribution in [1.82, 2.24) is 4.90 Å². The first-order valence-corrected chi connectivity index (χ1v) is 9.37. The number of nitrogens with zero attached hydrogens (tertiary/aromatic N) is 1. The molecule has 2 aliphatic carbocycles. The molecule has 0 aromatic heterocycles. The third kappa shape index (κ3) is 2.31. The highest BCUT2D eigenvalue weighted by atomic mass is 19.1. The normalized spacial score (nSPS) is 34.7. The Morgan fingerprint density at radius 2 is 2.04 bits per heavy atom. The van der Waals surface area contributed by atoms with Crippen LogP contribution in [0.15, 0.2) is 18.2 Å². The average molecular weight is 315 g/mol. The van der Waals surface area contributed by atoms with Crippen LogP contribution in [-0.2, 0) is 5.41 Å². The van der Waals surface area contributed by atoms with E-state index in [4.69, 9.17) is 4.74 Å². The van der Waals surface area contributed by atoms with Gasteiger partial charge < -0.3 is 9.64 Å². The highest BCUT2D eigenvalue weighted by Crippen LogP contribution is 2.50. The van der Waals surface area contributed by atoms with E-state index in [0.29, 0.717) is 0 Å². The zero-order valence-corrected chi connectivity index (χ0v) is 13.8. The fraction of sp³-hybridized carbons (Fsp3) is 0.700. The van der Waals surface area contributed by atoms with Crippen LogP contribution < -0.4 is 4.74 Å². The summed E-state index contributed by atoms with van der Waals surface area (Å²) in [4.78, 5) is 2.67. The monoisotopic (exact) mass is 315 g/mol. The summed E-state index contributed by atoms with van der Waals surface area (Å²) in [5.74, 6) is 3.79. The van der Waals surface area contributed by atoms with Crippen LogP contribution in [0.3, 0.4) is 0 Å². The molecule has 2 saturated carbocycles. The molecule has 0 unspecified atom stereocenters. The standard InChI is InChI=1S/C20H26FNO/c21-17-3-4-19-18(11-17)20(13-23-19)5-7-22(8-6-20)12-16-10-14-1-2-15(16)9-14/h3-4,11,14-16H,1-2,5-10,12-13H2/t14-,15+,16+/m0/s1. The predicted molar refractivity (Wildman–Crippen MR) is 88.2 cm³/mol. The van der Waals surface area contributed by atoms with E-state index < -0.39 is 0 Å². The summed E-state index contributed by atoms with van der Waals surface area (Å²) in [7, 11) is 0. The summed E-state index contributed by atoms with van der Waals surface area (Å²) >= 11 is 0. The lowest BCUT2D eigenvalue weighted by molar-refractivity contribution is 0.109. The second kappa shape index (κ2) is 5.20. The molecule has 1 aromatic rings. The SMILES string of the molecule is Fc1ccc2c(c1)C1(CCN(C[C@H]3C[C@H]4CC[C@@H]3C4)CC1)CO2. The smallest absolute Gasteiger partial charge is 0.123 e. The van der Waals surface area contributed by atoms with Crippen LogP contribution in [0.4, 0.5) is 4.39 Å². The first-order chi connectivity index (χ1) is 11.2. The van der Waals surface area contributed by atoms with Gasteiger partial charge in [-0.25, -0.2) is 4.39 Å². The number of hydrogen-bond donors (Lipinski definition) is 0. The van der Waals surface area contributed by atoms with E-state index >= 15 is 0 Å². The van der Waals surface area contributed by atoms with E-state index in [1.807, 2.05) is 0 Å². The largest absolute Gasteiger partial charge is 0.492 e. The van der Waals surface area contributed by atoms with Crippen molar-refractivity contribution in [1.29, 1.82) is 0 Å². The van der Waals surface area contributed by atoms with Crippen LogP contribution in [-0.4, -0.2) is 31.1 Å². The molecule has 124 valence electrons. The van der Waals surface area contributed by atoms with E-state index in [9.17, 15) is 4.39 Å². The molecular formula is C20H26FNO. The summed E-state index contributed by atoms with van der Waals surface area (Å²) in [6, 6.07) is 5.04. The van der Waals surface area contributed by atoms with Gasteiger partial charge in [0.05, 0.1) is 6.61 Å². The van der Waals surface area contributed by atoms with Gasteiger partial charge in [-0.15, -0.1) is 0 Å². The quantitative estimate of drug-likeness (QED) is 0.818. The minimum absolute atomic E-state index is 0.0720. The zero-order chi connectivity index (χ0) is 15.4. The molecule has 2 bridgehead atoms. The Morgan fingerprint density at radius 3 is 2.78 bits per heavy atom. The molecule has 0 radical (unpaired) electrons. The minimum Gasteiger partial charge on any atom is -0.492 e. The molecule has 5 rings (SSSR count). The van der Waals surface area contributed by atoms with E-state index in [2.05, 4.69) is 4.90 Å². The van der Waals surface area contributed by atoms with E-state index in [1.165, 1.54) is 38.3 Å². The predicted octanol–water partition coefficient (Wildman–Crippen LogP) is 3.99. The van der Waals surface area contributed by atoms with Gasteiger partial charge in [-0.2, -0.15) is 0 Å². The Hall–Kier alpha value is -1.09. The van der Waals surface area contributed by atoms with Gasteiger partial charge in [-0.1, -0.05) is 6.42 Å². The van der Waals surface area contributed by atoms with Crippen LogP contribution >= 0.6 is 0 Å². The maximum absolute atomic E-state index is 13.7. The van der Waals surface area contributed by atoms with Gasteiger partial charge in [0.1, 0.15) is 11.6 Å². The second-order valence-corrected chi connectivity index (χ2v) is 8.45. The van der Waals surface area contributed by atoms with E-state index in [-0.39, 0.29) is 11.2 Å². The van der Waals surface area contributed by atoms with Crippen LogP contribution in [0, 0.1) is 23.6 Å². The lowest BCUT2D eigenvalue weighted by Crippen LogP contribution is -2.45. The van der Waals surface area contributed by atoms with Crippen molar-refractivity contribution in [2.45, 2.75) is 43.9 Å². The molecule has 2 aliphatic heterocycles. The maximum Gasteiger partial charge on any atom is 0.123 e. The first-order valence-electron chi connectivity index (χ1n) is 9.37. The van der Waals surface area contributed by atoms with Crippen molar-refractivity contribution in [3.63, 3.8) is 0 Å². The van der Waals surface area contributed by atoms with Crippen LogP contribution in [0.1, 0.15) is 44.1 Å². The minimum atomic E-state index is -0.127. The van der Waals surface area contributed by atoms with E-state index in [0.717, 1.165) is 61.6 Å². The molecule has 23 heavy (non-hydrogen) atoms. The molecule has 3 atom stereocenters. The Kier molecular flexibility index (Phi) is 3.23. The molecular weight excluding hydrogens is 289 g/mol. The molecule has 0 N–H and O–H groups in total. The Labute approximate surface area is 138 Å². The molecule has 2 heterocycles. The van der Waals surface area contributed by atoms with Crippen molar-refractivity contribution in [2.24, 2.45) is 17.8 Å². The molecule has 3 fully saturated rings. The summed E-state index contributed by atoms with van der Waals surface area (Å²) in [5, 5.41) is 0. The number of benzene rings is 1. The Bertz CT molecular complexity index is 608. The number of ether oxygens (including phenoxy) is 1. The lowest BCUT2D eigenvalue weighted by Gasteiger charge is -2.40. The third-order valence-electron chi connectivity index (χ3n) is 7.21. The van der Waals surface area contributed by atoms with Crippen LogP contribution in [0.5, 0.6) is 5.75 Å². The van der Waals surface area contributed by atoms with Gasteiger partial charge in [-0.05, 0) is 81.1 Å². The Morgan fingerprint density at radius 1 is 1.17 bits per heavy atom. The van der Waals surface area contributed by atoms with Crippen molar-refractivity contribution >= 4 is 0 Å². The molecule has 1 saturated heterocycles. The summed E-state index contributed by atoms with van der Waals surface area (Å²) in [5.41, 5.74) is 1.19. The van der Waals surface area contributed by atoms with Gasteiger partial charge in [0.25, 0.3) is 0 Å². The van der Waals surface area contributed by atoms with Crippen molar-refractivity contribution in [3.05, 3.63) is 29.6 Å². The summed E-state index contributed by atoms with van der Waals surface area (Å²) in [6.07, 6.45) is 8.18. The van der Waals surface area contributed by atoms with Gasteiger partial charge >= 0.3 is 0 Å². The number of piperidine rings is 1. The molecule has 3 heteroatoms. The highest BCUT2D eigenvalue weighted by molar-refractivity contribution is 5.44. The van der Waals surface area contributed by atoms with Crippen molar-refractivity contribution < 1.29 is 9.13 Å². The van der Waals surface area contributed by atoms with Crippen LogP contribution in [0.25, 0.3) is 0 Å². The van der Waals surface area contributed by atoms with Gasteiger partial charge in [0.15, 0.2) is 0 Å². The lowest BCUT2D eigenvalue weighted by atomic mass is 9.74. The number of hydrogen-bond acceptors (Lipinski definition) is 2. The number of halogens is 1. The molecule has 4 aliphatic rings. The summed E-state index contributed by atoms with van der Waals surface area (Å²) < 4.78 is 19.5. The average Bonchev–Trinajstić information content (AvgIpc) is 3.25. The Balaban J connectivity index is 1.26. The van der Waals surface area contributed by atoms with Gasteiger partial charge in [0.2, 0.25) is 0 Å². The first kappa shape index (κ1) is 14.3. The summed E-state index contributed by atoms with van der Waals surface area (Å²) in [6.45, 7) is 4.34. The number of fused-ring (bicyclic) bond motifs is 4. The highest BCUT2D eigenvalue weighted by Gasteiger charge is 2.45. The topological polar surface area (TPSA) is 12.5 Å². The number of rotatable bonds is 2. The molecule has 2 nitrogen and oxygen atoms in total. The molecule has 0 amide bonds. The van der Waals surface area contributed by atoms with Crippen molar-refractivity contribution in [3.8, 4) is 5.75 Å². The van der Waals surface area contributed by atoms with Crippen molar-refractivity contribution in [2.75, 3.05) is 26.2 Å². The van der Waals surface area contributed by atoms with Gasteiger partial charge in [0, 0.05) is 17.5 Å². The van der Waals surface area contributed by atoms with E-state index in [1.54, 1.807) is 12.1 Å². The van der Waals surface area contributed by atoms with Gasteiger partial charge in [-0.3, -0.25) is 0 Å². The van der Waals surface area contributed by atoms with Crippen LogP contribution in [0.2, 0.25) is 0 Å². The zero-order valence-electron chi connectivity index (χ0n) is 13.8. The molecule has 1 spiro atoms. The fourth-order valence-electron chi connectivity index (χ4n) is 5.85.